The first-order valence-corrected chi connectivity index (χ1v) is 8.29. The Morgan fingerprint density at radius 1 is 1.50 bits per heavy atom. The van der Waals surface area contributed by atoms with Crippen LogP contribution in [-0.4, -0.2) is 51.0 Å². The summed E-state index contributed by atoms with van der Waals surface area (Å²) < 4.78 is 0. The lowest BCUT2D eigenvalue weighted by molar-refractivity contribution is -0.119. The summed E-state index contributed by atoms with van der Waals surface area (Å²) in [7, 11) is 0. The number of piperidine rings is 1. The molecule has 1 atom stereocenters. The molecule has 0 aliphatic carbocycles. The van der Waals surface area contributed by atoms with Gasteiger partial charge in [-0.2, -0.15) is 15.4 Å². The molecule has 1 aromatic carbocycles. The normalized spacial score (nSPS) is 21.6. The molecule has 1 aromatic heterocycles. The second-order valence-corrected chi connectivity index (χ2v) is 6.30. The highest BCUT2D eigenvalue weighted by Crippen LogP contribution is 2.29. The van der Waals surface area contributed by atoms with Crippen LogP contribution in [0.4, 0.5) is 5.69 Å². The minimum absolute atomic E-state index is 0.0762. The van der Waals surface area contributed by atoms with E-state index in [0.717, 1.165) is 25.1 Å². The smallest absolute Gasteiger partial charge is 0.238 e. The van der Waals surface area contributed by atoms with E-state index in [1.54, 1.807) is 6.20 Å². The maximum atomic E-state index is 12.3. The average molecular weight is 329 g/mol. The standard InChI is InChI=1S/C17H23N5O2/c1-2-13-5-3-6-14(9-13)19-16(23)11-22-8-4-7-17(24,12-22)15-10-18-21-20-15/h3,5-6,9-10,24H,2,4,7-8,11-12H2,1H3,(H,19,23)(H,18,20,21). The minimum atomic E-state index is -1.05. The number of aromatic amines is 1. The van der Waals surface area contributed by atoms with Gasteiger partial charge in [0, 0.05) is 12.2 Å². The van der Waals surface area contributed by atoms with E-state index in [4.69, 9.17) is 0 Å². The molecule has 7 heteroatoms. The van der Waals surface area contributed by atoms with Crippen LogP contribution in [0.1, 0.15) is 31.0 Å². The molecule has 1 aliphatic heterocycles. The Kier molecular flexibility index (Phi) is 4.92. The highest BCUT2D eigenvalue weighted by atomic mass is 16.3. The molecule has 2 aromatic rings. The molecule has 1 saturated heterocycles. The number of aliphatic hydroxyl groups is 1. The zero-order valence-electron chi connectivity index (χ0n) is 13.8. The van der Waals surface area contributed by atoms with Gasteiger partial charge >= 0.3 is 0 Å². The van der Waals surface area contributed by atoms with Crippen molar-refractivity contribution in [1.29, 1.82) is 0 Å². The van der Waals surface area contributed by atoms with Crippen LogP contribution in [0, 0.1) is 0 Å². The number of nitrogens with zero attached hydrogens (tertiary/aromatic N) is 3. The maximum absolute atomic E-state index is 12.3. The number of carbonyl (C=O) groups excluding carboxylic acids is 1. The fraction of sp³-hybridized carbons (Fsp3) is 0.471. The zero-order valence-corrected chi connectivity index (χ0v) is 13.8. The summed E-state index contributed by atoms with van der Waals surface area (Å²) in [5.74, 6) is -0.0762. The summed E-state index contributed by atoms with van der Waals surface area (Å²) in [5, 5.41) is 24.0. The van der Waals surface area contributed by atoms with Gasteiger partial charge in [0.05, 0.1) is 12.7 Å². The molecule has 0 saturated carbocycles. The Morgan fingerprint density at radius 2 is 2.38 bits per heavy atom. The maximum Gasteiger partial charge on any atom is 0.238 e. The first-order chi connectivity index (χ1) is 11.6. The van der Waals surface area contributed by atoms with Crippen molar-refractivity contribution in [3.63, 3.8) is 0 Å². The number of amides is 1. The van der Waals surface area contributed by atoms with E-state index in [-0.39, 0.29) is 12.5 Å². The van der Waals surface area contributed by atoms with Gasteiger partial charge in [-0.25, -0.2) is 0 Å². The highest BCUT2D eigenvalue weighted by Gasteiger charge is 2.37. The topological polar surface area (TPSA) is 94.1 Å². The van der Waals surface area contributed by atoms with Crippen molar-refractivity contribution in [1.82, 2.24) is 20.3 Å². The van der Waals surface area contributed by atoms with Gasteiger partial charge in [0.25, 0.3) is 0 Å². The van der Waals surface area contributed by atoms with Crippen molar-refractivity contribution in [2.75, 3.05) is 25.0 Å². The first-order valence-electron chi connectivity index (χ1n) is 8.29. The van der Waals surface area contributed by atoms with Crippen molar-refractivity contribution >= 4 is 11.6 Å². The van der Waals surface area contributed by atoms with E-state index in [2.05, 4.69) is 27.7 Å². The van der Waals surface area contributed by atoms with Crippen LogP contribution in [0.2, 0.25) is 0 Å². The van der Waals surface area contributed by atoms with Gasteiger partial charge in [-0.3, -0.25) is 9.69 Å². The van der Waals surface area contributed by atoms with Gasteiger partial charge in [-0.1, -0.05) is 19.1 Å². The number of hydrogen-bond donors (Lipinski definition) is 3. The third kappa shape index (κ3) is 3.80. The number of carbonyl (C=O) groups is 1. The zero-order chi connectivity index (χ0) is 17.0. The number of aryl methyl sites for hydroxylation is 1. The van der Waals surface area contributed by atoms with E-state index < -0.39 is 5.60 Å². The number of rotatable bonds is 5. The molecule has 3 N–H and O–H groups in total. The van der Waals surface area contributed by atoms with E-state index in [1.165, 1.54) is 5.56 Å². The first kappa shape index (κ1) is 16.6. The van der Waals surface area contributed by atoms with Crippen molar-refractivity contribution in [2.45, 2.75) is 31.8 Å². The largest absolute Gasteiger partial charge is 0.382 e. The van der Waals surface area contributed by atoms with Crippen LogP contribution in [0.25, 0.3) is 0 Å². The van der Waals surface area contributed by atoms with Crippen LogP contribution < -0.4 is 5.32 Å². The quantitative estimate of drug-likeness (QED) is 0.768. The molecule has 0 spiro atoms. The molecule has 0 bridgehead atoms. The second-order valence-electron chi connectivity index (χ2n) is 6.30. The lowest BCUT2D eigenvalue weighted by Gasteiger charge is -2.37. The number of aromatic nitrogens is 3. The predicted molar refractivity (Wildman–Crippen MR) is 90.4 cm³/mol. The lowest BCUT2D eigenvalue weighted by atomic mass is 9.90. The van der Waals surface area contributed by atoms with Gasteiger partial charge in [-0.05, 0) is 43.5 Å². The molecule has 3 rings (SSSR count). The van der Waals surface area contributed by atoms with E-state index in [9.17, 15) is 9.90 Å². The molecule has 1 amide bonds. The van der Waals surface area contributed by atoms with Crippen LogP contribution in [0.3, 0.4) is 0 Å². The molecule has 1 fully saturated rings. The molecular formula is C17H23N5O2. The van der Waals surface area contributed by atoms with Crippen LogP contribution >= 0.6 is 0 Å². The molecule has 1 unspecified atom stereocenters. The molecular weight excluding hydrogens is 306 g/mol. The SMILES string of the molecule is CCc1cccc(NC(=O)CN2CCCC(O)(c3cn[nH]n3)C2)c1. The molecule has 128 valence electrons. The third-order valence-electron chi connectivity index (χ3n) is 4.43. The predicted octanol–water partition coefficient (Wildman–Crippen LogP) is 1.29. The number of hydrogen-bond acceptors (Lipinski definition) is 5. The fourth-order valence-corrected chi connectivity index (χ4v) is 3.17. The Bertz CT molecular complexity index is 688. The van der Waals surface area contributed by atoms with Gasteiger partial charge in [0.2, 0.25) is 5.91 Å². The summed E-state index contributed by atoms with van der Waals surface area (Å²) in [6.07, 6.45) is 3.90. The third-order valence-corrected chi connectivity index (χ3v) is 4.43. The Balaban J connectivity index is 1.60. The summed E-state index contributed by atoms with van der Waals surface area (Å²) in [5.41, 5.74) is 1.48. The Labute approximate surface area is 141 Å². The number of likely N-dealkylation sites (tertiary alicyclic amines) is 1. The summed E-state index contributed by atoms with van der Waals surface area (Å²) in [4.78, 5) is 14.3. The fourth-order valence-electron chi connectivity index (χ4n) is 3.17. The summed E-state index contributed by atoms with van der Waals surface area (Å²) in [6.45, 7) is 3.49. The highest BCUT2D eigenvalue weighted by molar-refractivity contribution is 5.92. The molecule has 1 aliphatic rings. The lowest BCUT2D eigenvalue weighted by Crippen LogP contribution is -2.48. The second kappa shape index (κ2) is 7.11. The summed E-state index contributed by atoms with van der Waals surface area (Å²) in [6, 6.07) is 7.86. The number of β-amino-alcohol motifs (C(OH)–C–C–N with tert-alkyl or cyclic N) is 1. The Hall–Kier alpha value is -2.25. The van der Waals surface area contributed by atoms with Crippen molar-refractivity contribution < 1.29 is 9.90 Å². The molecule has 0 radical (unpaired) electrons. The number of H-pyrrole nitrogens is 1. The van der Waals surface area contributed by atoms with Crippen molar-refractivity contribution in [3.8, 4) is 0 Å². The van der Waals surface area contributed by atoms with E-state index >= 15 is 0 Å². The van der Waals surface area contributed by atoms with Gasteiger partial charge in [0.1, 0.15) is 11.3 Å². The van der Waals surface area contributed by atoms with Gasteiger partial charge < -0.3 is 10.4 Å². The van der Waals surface area contributed by atoms with Crippen LogP contribution in [0.15, 0.2) is 30.5 Å². The van der Waals surface area contributed by atoms with Crippen molar-refractivity contribution in [2.24, 2.45) is 0 Å². The molecule has 7 nitrogen and oxygen atoms in total. The number of nitrogens with one attached hydrogen (secondary N) is 2. The van der Waals surface area contributed by atoms with Crippen LogP contribution in [0.5, 0.6) is 0 Å². The average Bonchev–Trinajstić information content (AvgIpc) is 3.10. The van der Waals surface area contributed by atoms with Gasteiger partial charge in [-0.15, -0.1) is 0 Å². The summed E-state index contributed by atoms with van der Waals surface area (Å²) >= 11 is 0. The number of anilines is 1. The number of benzene rings is 1. The molecule has 2 heterocycles. The Morgan fingerprint density at radius 3 is 3.12 bits per heavy atom. The minimum Gasteiger partial charge on any atom is -0.382 e. The van der Waals surface area contributed by atoms with E-state index in [1.807, 2.05) is 29.2 Å². The van der Waals surface area contributed by atoms with Crippen molar-refractivity contribution in [3.05, 3.63) is 41.7 Å². The van der Waals surface area contributed by atoms with Crippen LogP contribution in [-0.2, 0) is 16.8 Å². The molecule has 24 heavy (non-hydrogen) atoms. The monoisotopic (exact) mass is 329 g/mol. The van der Waals surface area contributed by atoms with E-state index in [0.29, 0.717) is 18.7 Å². The van der Waals surface area contributed by atoms with Gasteiger partial charge in [0.15, 0.2) is 0 Å².